The van der Waals surface area contributed by atoms with Crippen molar-refractivity contribution in [1.82, 2.24) is 15.0 Å². The van der Waals surface area contributed by atoms with Crippen LogP contribution in [0.25, 0.3) is 21.9 Å². The molecule has 2 aliphatic heterocycles. The molecule has 1 fully saturated rings. The smallest absolute Gasteiger partial charge is 0.231 e. The number of benzene rings is 2. The molecule has 6 rings (SSSR count). The van der Waals surface area contributed by atoms with Crippen molar-refractivity contribution in [3.63, 3.8) is 0 Å². The topological polar surface area (TPSA) is 67.7 Å². The lowest BCUT2D eigenvalue weighted by atomic mass is 10.1. The van der Waals surface area contributed by atoms with Crippen LogP contribution in [0.4, 0.5) is 5.82 Å². The van der Waals surface area contributed by atoms with Gasteiger partial charge < -0.3 is 24.3 Å². The van der Waals surface area contributed by atoms with Crippen LogP contribution in [-0.4, -0.2) is 47.9 Å². The number of rotatable bonds is 3. The van der Waals surface area contributed by atoms with E-state index in [4.69, 9.17) is 9.47 Å². The molecule has 0 saturated carbocycles. The third kappa shape index (κ3) is 3.07. The van der Waals surface area contributed by atoms with E-state index in [0.717, 1.165) is 76.4 Å². The summed E-state index contributed by atoms with van der Waals surface area (Å²) in [6, 6.07) is 12.5. The highest BCUT2D eigenvalue weighted by molar-refractivity contribution is 9.10. The van der Waals surface area contributed by atoms with E-state index in [1.54, 1.807) is 11.2 Å². The summed E-state index contributed by atoms with van der Waals surface area (Å²) in [6.07, 6.45) is 1.68. The standard InChI is InChI=1S/C22H20BrN5O2/c23-15-2-3-17-16(10-15)20-21(26-17)22(25-12-24-20)28-7-5-27(6-8-28)11-14-1-4-18-19(9-14)30-13-29-18/h1-4,9-10,12,26H,5-8,11,13H2/p+1. The van der Waals surface area contributed by atoms with Gasteiger partial charge in [-0.15, -0.1) is 0 Å². The van der Waals surface area contributed by atoms with Crippen molar-refractivity contribution >= 4 is 43.7 Å². The van der Waals surface area contributed by atoms with Crippen molar-refractivity contribution < 1.29 is 14.4 Å². The Morgan fingerprint density at radius 3 is 2.80 bits per heavy atom. The molecule has 4 aromatic rings. The van der Waals surface area contributed by atoms with Gasteiger partial charge >= 0.3 is 0 Å². The highest BCUT2D eigenvalue weighted by Crippen LogP contribution is 2.33. The summed E-state index contributed by atoms with van der Waals surface area (Å²) in [5.74, 6) is 2.70. The van der Waals surface area contributed by atoms with Gasteiger partial charge in [-0.3, -0.25) is 0 Å². The molecule has 8 heteroatoms. The minimum atomic E-state index is 0.322. The molecule has 2 aliphatic rings. The van der Waals surface area contributed by atoms with Gasteiger partial charge in [-0.2, -0.15) is 0 Å². The van der Waals surface area contributed by atoms with E-state index in [9.17, 15) is 0 Å². The van der Waals surface area contributed by atoms with Crippen molar-refractivity contribution in [3.05, 3.63) is 52.8 Å². The molecule has 0 bridgehead atoms. The minimum Gasteiger partial charge on any atom is -0.454 e. The predicted octanol–water partition coefficient (Wildman–Crippen LogP) is 2.51. The predicted molar refractivity (Wildman–Crippen MR) is 118 cm³/mol. The van der Waals surface area contributed by atoms with Gasteiger partial charge in [0.25, 0.3) is 0 Å². The summed E-state index contributed by atoms with van der Waals surface area (Å²) in [7, 11) is 0. The zero-order chi connectivity index (χ0) is 20.1. The first-order chi connectivity index (χ1) is 14.7. The molecule has 30 heavy (non-hydrogen) atoms. The van der Waals surface area contributed by atoms with E-state index in [1.807, 2.05) is 12.1 Å². The maximum Gasteiger partial charge on any atom is 0.231 e. The van der Waals surface area contributed by atoms with Crippen LogP contribution in [0.3, 0.4) is 0 Å². The lowest BCUT2D eigenvalue weighted by molar-refractivity contribution is -0.914. The van der Waals surface area contributed by atoms with Gasteiger partial charge in [0.2, 0.25) is 6.79 Å². The second kappa shape index (κ2) is 7.14. The zero-order valence-corrected chi connectivity index (χ0v) is 17.9. The number of hydrogen-bond acceptors (Lipinski definition) is 5. The largest absolute Gasteiger partial charge is 0.454 e. The van der Waals surface area contributed by atoms with Crippen LogP contribution < -0.4 is 19.3 Å². The average molecular weight is 467 g/mol. The fourth-order valence-electron chi connectivity index (χ4n) is 4.44. The van der Waals surface area contributed by atoms with Crippen molar-refractivity contribution in [2.24, 2.45) is 0 Å². The number of fused-ring (bicyclic) bond motifs is 4. The van der Waals surface area contributed by atoms with E-state index in [0.29, 0.717) is 6.79 Å². The van der Waals surface area contributed by atoms with E-state index in [1.165, 1.54) is 5.56 Å². The Morgan fingerprint density at radius 1 is 1.03 bits per heavy atom. The van der Waals surface area contributed by atoms with Gasteiger partial charge in [0.1, 0.15) is 23.9 Å². The summed E-state index contributed by atoms with van der Waals surface area (Å²) in [5, 5.41) is 1.12. The number of aromatic amines is 1. The number of hydrogen-bond donors (Lipinski definition) is 2. The molecule has 0 aliphatic carbocycles. The molecule has 0 radical (unpaired) electrons. The number of nitrogens with zero attached hydrogens (tertiary/aromatic N) is 3. The van der Waals surface area contributed by atoms with Crippen LogP contribution in [-0.2, 0) is 6.54 Å². The van der Waals surface area contributed by atoms with Gasteiger partial charge in [-0.1, -0.05) is 15.9 Å². The fourth-order valence-corrected chi connectivity index (χ4v) is 4.80. The lowest BCUT2D eigenvalue weighted by Gasteiger charge is -2.33. The Hall–Kier alpha value is -2.84. The zero-order valence-electron chi connectivity index (χ0n) is 16.3. The summed E-state index contributed by atoms with van der Waals surface area (Å²) >= 11 is 3.56. The van der Waals surface area contributed by atoms with Crippen molar-refractivity contribution in [2.75, 3.05) is 37.9 Å². The van der Waals surface area contributed by atoms with Gasteiger partial charge in [0.05, 0.1) is 26.2 Å². The van der Waals surface area contributed by atoms with Gasteiger partial charge in [0.15, 0.2) is 17.3 Å². The molecule has 2 N–H and O–H groups in total. The number of quaternary nitrogens is 1. The third-order valence-corrected chi connectivity index (χ3v) is 6.48. The highest BCUT2D eigenvalue weighted by Gasteiger charge is 2.24. The van der Waals surface area contributed by atoms with Crippen molar-refractivity contribution in [2.45, 2.75) is 6.54 Å². The number of nitrogens with one attached hydrogen (secondary N) is 2. The summed E-state index contributed by atoms with van der Waals surface area (Å²) in [6.45, 7) is 5.36. The first-order valence-corrected chi connectivity index (χ1v) is 10.9. The van der Waals surface area contributed by atoms with Crippen LogP contribution in [0.1, 0.15) is 5.56 Å². The van der Waals surface area contributed by atoms with Crippen molar-refractivity contribution in [1.29, 1.82) is 0 Å². The van der Waals surface area contributed by atoms with E-state index in [2.05, 4.69) is 60.0 Å². The van der Waals surface area contributed by atoms with Crippen LogP contribution in [0.15, 0.2) is 47.2 Å². The molecule has 0 unspecified atom stereocenters. The molecule has 0 atom stereocenters. The molecule has 1 saturated heterocycles. The molecule has 152 valence electrons. The summed E-state index contributed by atoms with van der Waals surface area (Å²) < 4.78 is 12.0. The fraction of sp³-hybridized carbons (Fsp3) is 0.273. The number of aromatic nitrogens is 3. The van der Waals surface area contributed by atoms with Gasteiger partial charge in [0, 0.05) is 20.9 Å². The lowest BCUT2D eigenvalue weighted by Crippen LogP contribution is -3.13. The second-order valence-electron chi connectivity index (χ2n) is 7.84. The minimum absolute atomic E-state index is 0.322. The monoisotopic (exact) mass is 466 g/mol. The first kappa shape index (κ1) is 18.0. The molecule has 0 amide bonds. The Morgan fingerprint density at radius 2 is 1.90 bits per heavy atom. The van der Waals surface area contributed by atoms with Crippen LogP contribution in [0.2, 0.25) is 0 Å². The molecule has 4 heterocycles. The van der Waals surface area contributed by atoms with Gasteiger partial charge in [-0.25, -0.2) is 9.97 Å². The van der Waals surface area contributed by atoms with Crippen LogP contribution in [0, 0.1) is 0 Å². The van der Waals surface area contributed by atoms with Gasteiger partial charge in [-0.05, 0) is 36.4 Å². The Kier molecular flexibility index (Phi) is 4.28. The Labute approximate surface area is 181 Å². The number of ether oxygens (including phenoxy) is 2. The quantitative estimate of drug-likeness (QED) is 0.485. The van der Waals surface area contributed by atoms with E-state index in [-0.39, 0.29) is 0 Å². The maximum absolute atomic E-state index is 5.52. The average Bonchev–Trinajstić information content (AvgIpc) is 3.38. The van der Waals surface area contributed by atoms with Crippen molar-refractivity contribution in [3.8, 4) is 11.5 Å². The van der Waals surface area contributed by atoms with Crippen LogP contribution in [0.5, 0.6) is 11.5 Å². The molecular formula is C22H21BrN5O2+. The molecule has 0 spiro atoms. The maximum atomic E-state index is 5.52. The third-order valence-electron chi connectivity index (χ3n) is 5.98. The number of piperazine rings is 1. The van der Waals surface area contributed by atoms with Crippen LogP contribution >= 0.6 is 15.9 Å². The number of halogens is 1. The SMILES string of the molecule is Brc1ccc2[nH]c3c(N4CC[NH+](Cc5ccc6c(c5)OCO6)CC4)ncnc3c2c1. The normalized spacial score (nSPS) is 16.6. The number of anilines is 1. The summed E-state index contributed by atoms with van der Waals surface area (Å²) in [5.41, 5.74) is 4.37. The molecule has 2 aromatic heterocycles. The Balaban J connectivity index is 1.21. The second-order valence-corrected chi connectivity index (χ2v) is 8.75. The Bertz CT molecular complexity index is 1250. The first-order valence-electron chi connectivity index (χ1n) is 10.1. The number of H-pyrrole nitrogens is 1. The molecule has 7 nitrogen and oxygen atoms in total. The van der Waals surface area contributed by atoms with E-state index >= 15 is 0 Å². The van der Waals surface area contributed by atoms with E-state index < -0.39 is 0 Å². The summed E-state index contributed by atoms with van der Waals surface area (Å²) in [4.78, 5) is 16.6. The molecular weight excluding hydrogens is 446 g/mol. The molecule has 2 aromatic carbocycles. The highest BCUT2D eigenvalue weighted by atomic mass is 79.9.